The molecule has 0 aliphatic carbocycles. The predicted molar refractivity (Wildman–Crippen MR) is 89.3 cm³/mol. The van der Waals surface area contributed by atoms with E-state index >= 15 is 0 Å². The molecule has 1 saturated heterocycles. The van der Waals surface area contributed by atoms with Gasteiger partial charge in [0.1, 0.15) is 5.75 Å². The predicted octanol–water partition coefficient (Wildman–Crippen LogP) is 4.85. The molecule has 0 amide bonds. The van der Waals surface area contributed by atoms with E-state index in [1.807, 2.05) is 0 Å². The summed E-state index contributed by atoms with van der Waals surface area (Å²) in [4.78, 5) is 0.328. The molecule has 21 heavy (non-hydrogen) atoms. The lowest BCUT2D eigenvalue weighted by Gasteiger charge is -2.26. The highest BCUT2D eigenvalue weighted by molar-refractivity contribution is 9.09. The summed E-state index contributed by atoms with van der Waals surface area (Å²) in [5, 5.41) is 0. The fraction of sp³-hybridized carbons (Fsp3) is 0.667. The molecule has 2 nitrogen and oxygen atoms in total. The Bertz CT molecular complexity index is 540. The molecule has 0 saturated carbocycles. The Morgan fingerprint density at radius 1 is 1.19 bits per heavy atom. The molecule has 2 aliphatic heterocycles. The van der Waals surface area contributed by atoms with E-state index in [1.54, 1.807) is 0 Å². The van der Waals surface area contributed by atoms with Crippen molar-refractivity contribution in [2.75, 3.05) is 6.61 Å². The SMILES string of the molecule is CC1OC(C)C(C(Br)c2ccc3c(c2)C(C)(C)CO3)C1C. The van der Waals surface area contributed by atoms with E-state index < -0.39 is 0 Å². The zero-order chi connectivity index (χ0) is 15.4. The minimum atomic E-state index is 0.106. The van der Waals surface area contributed by atoms with Gasteiger partial charge in [-0.25, -0.2) is 0 Å². The summed E-state index contributed by atoms with van der Waals surface area (Å²) in [5.74, 6) is 2.10. The van der Waals surface area contributed by atoms with Gasteiger partial charge in [-0.15, -0.1) is 0 Å². The van der Waals surface area contributed by atoms with Crippen LogP contribution in [0.1, 0.15) is 50.6 Å². The molecule has 0 N–H and O–H groups in total. The van der Waals surface area contributed by atoms with Crippen molar-refractivity contribution in [3.63, 3.8) is 0 Å². The number of halogens is 1. The Hall–Kier alpha value is -0.540. The zero-order valence-electron chi connectivity index (χ0n) is 13.5. The lowest BCUT2D eigenvalue weighted by atomic mass is 9.81. The van der Waals surface area contributed by atoms with Crippen molar-refractivity contribution in [1.29, 1.82) is 0 Å². The van der Waals surface area contributed by atoms with Crippen LogP contribution in [0.15, 0.2) is 18.2 Å². The number of alkyl halides is 1. The number of hydrogen-bond donors (Lipinski definition) is 0. The lowest BCUT2D eigenvalue weighted by molar-refractivity contribution is 0.0511. The molecule has 0 spiro atoms. The third-order valence-electron chi connectivity index (χ3n) is 5.30. The normalized spacial score (nSPS) is 35.3. The van der Waals surface area contributed by atoms with Crippen molar-refractivity contribution in [1.82, 2.24) is 0 Å². The van der Waals surface area contributed by atoms with Crippen molar-refractivity contribution in [2.24, 2.45) is 11.8 Å². The van der Waals surface area contributed by atoms with Gasteiger partial charge in [0.05, 0.1) is 18.8 Å². The Morgan fingerprint density at radius 2 is 1.90 bits per heavy atom. The second-order valence-corrected chi connectivity index (χ2v) is 8.30. The summed E-state index contributed by atoms with van der Waals surface area (Å²) >= 11 is 3.95. The standard InChI is InChI=1S/C18H25BrO2/c1-10-11(2)21-12(3)16(10)17(19)13-6-7-15-14(8-13)18(4,5)9-20-15/h6-8,10-12,16-17H,9H2,1-5H3. The quantitative estimate of drug-likeness (QED) is 0.708. The highest BCUT2D eigenvalue weighted by Crippen LogP contribution is 2.47. The molecular formula is C18H25BrO2. The molecule has 1 aromatic carbocycles. The van der Waals surface area contributed by atoms with Crippen molar-refractivity contribution >= 4 is 15.9 Å². The summed E-state index contributed by atoms with van der Waals surface area (Å²) in [7, 11) is 0. The van der Waals surface area contributed by atoms with Gasteiger partial charge in [-0.2, -0.15) is 0 Å². The number of fused-ring (bicyclic) bond motifs is 1. The lowest BCUT2D eigenvalue weighted by Crippen LogP contribution is -2.22. The van der Waals surface area contributed by atoms with Gasteiger partial charge in [0.15, 0.2) is 0 Å². The van der Waals surface area contributed by atoms with E-state index in [1.165, 1.54) is 11.1 Å². The molecule has 0 radical (unpaired) electrons. The molecule has 116 valence electrons. The van der Waals surface area contributed by atoms with Gasteiger partial charge >= 0.3 is 0 Å². The smallest absolute Gasteiger partial charge is 0.123 e. The molecule has 3 rings (SSSR count). The minimum Gasteiger partial charge on any atom is -0.492 e. The van der Waals surface area contributed by atoms with Gasteiger partial charge in [-0.3, -0.25) is 0 Å². The second kappa shape index (κ2) is 5.27. The first kappa shape index (κ1) is 15.4. The molecule has 5 unspecified atom stereocenters. The van der Waals surface area contributed by atoms with Gasteiger partial charge in [-0.05, 0) is 31.4 Å². The maximum atomic E-state index is 6.01. The zero-order valence-corrected chi connectivity index (χ0v) is 15.1. The van der Waals surface area contributed by atoms with Crippen LogP contribution in [0.5, 0.6) is 5.75 Å². The molecule has 2 heterocycles. The average Bonchev–Trinajstić information content (AvgIpc) is 2.86. The molecule has 0 aromatic heterocycles. The van der Waals surface area contributed by atoms with Crippen LogP contribution < -0.4 is 4.74 Å². The van der Waals surface area contributed by atoms with Crippen LogP contribution in [0.2, 0.25) is 0 Å². The summed E-state index contributed by atoms with van der Waals surface area (Å²) in [6.07, 6.45) is 0.621. The molecule has 0 bridgehead atoms. The highest BCUT2D eigenvalue weighted by atomic mass is 79.9. The maximum Gasteiger partial charge on any atom is 0.123 e. The Balaban J connectivity index is 1.91. The van der Waals surface area contributed by atoms with E-state index in [4.69, 9.17) is 9.47 Å². The third kappa shape index (κ3) is 2.53. The summed E-state index contributed by atoms with van der Waals surface area (Å²) < 4.78 is 11.8. The van der Waals surface area contributed by atoms with Gasteiger partial charge < -0.3 is 9.47 Å². The Kier molecular flexibility index (Phi) is 3.86. The monoisotopic (exact) mass is 352 g/mol. The molecular weight excluding hydrogens is 328 g/mol. The van der Waals surface area contributed by atoms with Crippen molar-refractivity contribution in [2.45, 2.75) is 57.1 Å². The topological polar surface area (TPSA) is 18.5 Å². The summed E-state index contributed by atoms with van der Waals surface area (Å²) in [6, 6.07) is 6.65. The minimum absolute atomic E-state index is 0.106. The van der Waals surface area contributed by atoms with Crippen LogP contribution in [0.4, 0.5) is 0 Å². The van der Waals surface area contributed by atoms with E-state index in [0.29, 0.717) is 22.8 Å². The van der Waals surface area contributed by atoms with E-state index in [9.17, 15) is 0 Å². The molecule has 1 fully saturated rings. The van der Waals surface area contributed by atoms with Crippen molar-refractivity contribution < 1.29 is 9.47 Å². The number of ether oxygens (including phenoxy) is 2. The van der Waals surface area contributed by atoms with Gasteiger partial charge in [-0.1, -0.05) is 48.8 Å². The van der Waals surface area contributed by atoms with Crippen LogP contribution in [-0.2, 0) is 10.2 Å². The van der Waals surface area contributed by atoms with E-state index in [-0.39, 0.29) is 11.5 Å². The first-order valence-electron chi connectivity index (χ1n) is 7.88. The van der Waals surface area contributed by atoms with Crippen LogP contribution in [0.3, 0.4) is 0 Å². The average molecular weight is 353 g/mol. The Labute approximate surface area is 136 Å². The largest absolute Gasteiger partial charge is 0.492 e. The first-order chi connectivity index (χ1) is 9.81. The molecule has 2 aliphatic rings. The van der Waals surface area contributed by atoms with Crippen LogP contribution in [-0.4, -0.2) is 18.8 Å². The van der Waals surface area contributed by atoms with E-state index in [0.717, 1.165) is 12.4 Å². The fourth-order valence-electron chi connectivity index (χ4n) is 3.73. The molecule has 5 atom stereocenters. The van der Waals surface area contributed by atoms with Gasteiger partial charge in [0.25, 0.3) is 0 Å². The van der Waals surface area contributed by atoms with Gasteiger partial charge in [0.2, 0.25) is 0 Å². The summed E-state index contributed by atoms with van der Waals surface area (Å²) in [5.41, 5.74) is 2.78. The molecule has 1 aromatic rings. The highest BCUT2D eigenvalue weighted by Gasteiger charge is 2.42. The number of hydrogen-bond acceptors (Lipinski definition) is 2. The second-order valence-electron chi connectivity index (χ2n) is 7.31. The number of benzene rings is 1. The van der Waals surface area contributed by atoms with Crippen molar-refractivity contribution in [3.8, 4) is 5.75 Å². The van der Waals surface area contributed by atoms with E-state index in [2.05, 4.69) is 68.7 Å². The van der Waals surface area contributed by atoms with Gasteiger partial charge in [0, 0.05) is 21.7 Å². The summed E-state index contributed by atoms with van der Waals surface area (Å²) in [6.45, 7) is 11.9. The third-order valence-corrected chi connectivity index (χ3v) is 6.44. The fourth-order valence-corrected chi connectivity index (χ4v) is 4.93. The van der Waals surface area contributed by atoms with Crippen LogP contribution in [0, 0.1) is 11.8 Å². The maximum absolute atomic E-state index is 6.01. The first-order valence-corrected chi connectivity index (χ1v) is 8.79. The van der Waals surface area contributed by atoms with Crippen LogP contribution >= 0.6 is 15.9 Å². The van der Waals surface area contributed by atoms with Crippen LogP contribution in [0.25, 0.3) is 0 Å². The molecule has 3 heteroatoms. The van der Waals surface area contributed by atoms with Crippen molar-refractivity contribution in [3.05, 3.63) is 29.3 Å². The Morgan fingerprint density at radius 3 is 2.52 bits per heavy atom. The number of rotatable bonds is 2.